The van der Waals surface area contributed by atoms with Crippen LogP contribution in [-0.4, -0.2) is 11.4 Å². The highest BCUT2D eigenvalue weighted by Crippen LogP contribution is 2.39. The van der Waals surface area contributed by atoms with Crippen molar-refractivity contribution in [2.24, 2.45) is 0 Å². The van der Waals surface area contributed by atoms with E-state index in [1.54, 1.807) is 12.1 Å². The molecule has 0 amide bonds. The Morgan fingerprint density at radius 2 is 1.78 bits per heavy atom. The highest BCUT2D eigenvalue weighted by Gasteiger charge is 2.25. The second-order valence-corrected chi connectivity index (χ2v) is 5.70. The molecule has 2 aromatic carbocycles. The molecule has 1 aliphatic heterocycles. The van der Waals surface area contributed by atoms with Crippen molar-refractivity contribution < 1.29 is 4.39 Å². The van der Waals surface area contributed by atoms with Gasteiger partial charge in [0.1, 0.15) is 5.82 Å². The predicted molar refractivity (Wildman–Crippen MR) is 95.3 cm³/mol. The van der Waals surface area contributed by atoms with Crippen molar-refractivity contribution in [1.82, 2.24) is 4.90 Å². The molecule has 0 aromatic heterocycles. The van der Waals surface area contributed by atoms with Crippen LogP contribution in [0.25, 0.3) is 11.3 Å². The molecule has 3 rings (SSSR count). The number of rotatable bonds is 3. The third-order valence-corrected chi connectivity index (χ3v) is 4.23. The first-order valence-electron chi connectivity index (χ1n) is 7.52. The van der Waals surface area contributed by atoms with E-state index in [0.29, 0.717) is 17.1 Å². The van der Waals surface area contributed by atoms with E-state index < -0.39 is 0 Å². The second kappa shape index (κ2) is 6.43. The van der Waals surface area contributed by atoms with E-state index in [-0.39, 0.29) is 5.82 Å². The third-order valence-electron chi connectivity index (χ3n) is 3.91. The number of benzene rings is 2. The molecule has 0 atom stereocenters. The molecule has 23 heavy (non-hydrogen) atoms. The average molecular weight is 326 g/mol. The monoisotopic (exact) mass is 325 g/mol. The van der Waals surface area contributed by atoms with Crippen LogP contribution in [-0.2, 0) is 0 Å². The molecular weight excluding hydrogens is 309 g/mol. The zero-order valence-corrected chi connectivity index (χ0v) is 13.6. The fourth-order valence-electron chi connectivity index (χ4n) is 2.84. The summed E-state index contributed by atoms with van der Waals surface area (Å²) < 4.78 is 14.6. The summed E-state index contributed by atoms with van der Waals surface area (Å²) in [5.41, 5.74) is 3.95. The lowest BCUT2D eigenvalue weighted by atomic mass is 9.94. The van der Waals surface area contributed by atoms with Crippen LogP contribution in [0.3, 0.4) is 0 Å². The zero-order chi connectivity index (χ0) is 16.4. The summed E-state index contributed by atoms with van der Waals surface area (Å²) in [6.45, 7) is 6.76. The van der Waals surface area contributed by atoms with Gasteiger partial charge in [0.15, 0.2) is 0 Å². The van der Waals surface area contributed by atoms with Gasteiger partial charge in [0.25, 0.3) is 0 Å². The molecule has 1 aliphatic rings. The van der Waals surface area contributed by atoms with Crippen LogP contribution in [0.5, 0.6) is 0 Å². The lowest BCUT2D eigenvalue weighted by molar-refractivity contribution is 0.524. The maximum Gasteiger partial charge on any atom is 0.134 e. The van der Waals surface area contributed by atoms with Crippen LogP contribution < -0.4 is 0 Å². The van der Waals surface area contributed by atoms with Crippen LogP contribution in [0.1, 0.15) is 18.1 Å². The SMILES string of the molecule is C=C1C=CC(c2ccccc2)=C(c2c(F)cccc2Cl)N1CC. The van der Waals surface area contributed by atoms with E-state index in [9.17, 15) is 4.39 Å². The smallest absolute Gasteiger partial charge is 0.134 e. The summed E-state index contributed by atoms with van der Waals surface area (Å²) in [4.78, 5) is 1.99. The molecule has 116 valence electrons. The Bertz CT molecular complexity index is 785. The molecule has 0 saturated heterocycles. The van der Waals surface area contributed by atoms with Gasteiger partial charge < -0.3 is 4.90 Å². The van der Waals surface area contributed by atoms with Crippen LogP contribution in [0, 0.1) is 5.82 Å². The Kier molecular flexibility index (Phi) is 4.35. The Morgan fingerprint density at radius 3 is 2.43 bits per heavy atom. The summed E-state index contributed by atoms with van der Waals surface area (Å²) in [6.07, 6.45) is 3.92. The molecule has 3 heteroatoms. The fourth-order valence-corrected chi connectivity index (χ4v) is 3.10. The minimum Gasteiger partial charge on any atom is -0.341 e. The topological polar surface area (TPSA) is 3.24 Å². The molecule has 0 N–H and O–H groups in total. The second-order valence-electron chi connectivity index (χ2n) is 5.29. The highest BCUT2D eigenvalue weighted by atomic mass is 35.5. The largest absolute Gasteiger partial charge is 0.341 e. The van der Waals surface area contributed by atoms with Gasteiger partial charge in [-0.05, 0) is 30.7 Å². The van der Waals surface area contributed by atoms with Crippen LogP contribution in [0.2, 0.25) is 5.02 Å². The molecule has 0 aliphatic carbocycles. The van der Waals surface area contributed by atoms with E-state index in [1.807, 2.05) is 54.3 Å². The Balaban J connectivity index is 2.33. The number of hydrogen-bond donors (Lipinski definition) is 0. The van der Waals surface area contributed by atoms with E-state index in [0.717, 1.165) is 22.5 Å². The molecule has 0 radical (unpaired) electrons. The van der Waals surface area contributed by atoms with E-state index in [4.69, 9.17) is 11.6 Å². The van der Waals surface area contributed by atoms with Gasteiger partial charge in [-0.2, -0.15) is 0 Å². The first kappa shape index (κ1) is 15.6. The first-order valence-corrected chi connectivity index (χ1v) is 7.90. The number of halogens is 2. The van der Waals surface area contributed by atoms with E-state index in [1.165, 1.54) is 6.07 Å². The highest BCUT2D eigenvalue weighted by molar-refractivity contribution is 6.32. The fraction of sp³-hybridized carbons (Fsp3) is 0.100. The summed E-state index contributed by atoms with van der Waals surface area (Å²) in [5.74, 6) is -0.331. The molecule has 2 aromatic rings. The number of hydrogen-bond acceptors (Lipinski definition) is 1. The third kappa shape index (κ3) is 2.82. The van der Waals surface area contributed by atoms with Crippen molar-refractivity contribution >= 4 is 22.9 Å². The van der Waals surface area contributed by atoms with Gasteiger partial charge in [-0.3, -0.25) is 0 Å². The van der Waals surface area contributed by atoms with Gasteiger partial charge in [0.2, 0.25) is 0 Å². The van der Waals surface area contributed by atoms with E-state index in [2.05, 4.69) is 6.58 Å². The molecular formula is C20H17ClFN. The first-order chi connectivity index (χ1) is 11.1. The van der Waals surface area contributed by atoms with Crippen LogP contribution >= 0.6 is 11.6 Å². The van der Waals surface area contributed by atoms with Gasteiger partial charge in [-0.1, -0.05) is 60.7 Å². The van der Waals surface area contributed by atoms with Crippen molar-refractivity contribution in [2.45, 2.75) is 6.92 Å². The number of likely N-dealkylation sites (N-methyl/N-ethyl adjacent to an activating group) is 1. The normalized spacial score (nSPS) is 14.6. The van der Waals surface area contributed by atoms with Crippen molar-refractivity contribution in [1.29, 1.82) is 0 Å². The van der Waals surface area contributed by atoms with Crippen LogP contribution in [0.4, 0.5) is 4.39 Å². The zero-order valence-electron chi connectivity index (χ0n) is 12.9. The van der Waals surface area contributed by atoms with Gasteiger partial charge in [-0.15, -0.1) is 0 Å². The van der Waals surface area contributed by atoms with Gasteiger partial charge >= 0.3 is 0 Å². The standard InChI is InChI=1S/C20H17ClFN/c1-3-23-14(2)12-13-16(15-8-5-4-6-9-15)20(23)19-17(21)10-7-11-18(19)22/h4-13H,2-3H2,1H3. The van der Waals surface area contributed by atoms with Crippen molar-refractivity contribution in [3.05, 3.63) is 94.9 Å². The minimum absolute atomic E-state index is 0.331. The maximum absolute atomic E-state index is 14.6. The van der Waals surface area contributed by atoms with Crippen molar-refractivity contribution in [3.8, 4) is 0 Å². The molecule has 0 fully saturated rings. The van der Waals surface area contributed by atoms with Crippen LogP contribution in [0.15, 0.2) is 73.0 Å². The predicted octanol–water partition coefficient (Wildman–Crippen LogP) is 5.75. The molecule has 0 spiro atoms. The Labute approximate surface area is 141 Å². The lowest BCUT2D eigenvalue weighted by Crippen LogP contribution is -2.24. The van der Waals surface area contributed by atoms with Gasteiger partial charge in [0, 0.05) is 17.8 Å². The van der Waals surface area contributed by atoms with Crippen molar-refractivity contribution in [3.63, 3.8) is 0 Å². The molecule has 0 bridgehead atoms. The Morgan fingerprint density at radius 1 is 1.04 bits per heavy atom. The molecule has 0 unspecified atom stereocenters. The number of allylic oxidation sites excluding steroid dienone is 3. The summed E-state index contributed by atoms with van der Waals surface area (Å²) in [7, 11) is 0. The van der Waals surface area contributed by atoms with E-state index >= 15 is 0 Å². The summed E-state index contributed by atoms with van der Waals surface area (Å²) in [6, 6.07) is 14.7. The molecule has 0 saturated carbocycles. The van der Waals surface area contributed by atoms with Gasteiger partial charge in [0.05, 0.1) is 16.3 Å². The quantitative estimate of drug-likeness (QED) is 0.694. The molecule has 1 heterocycles. The number of nitrogens with zero attached hydrogens (tertiary/aromatic N) is 1. The summed E-state index contributed by atoms with van der Waals surface area (Å²) >= 11 is 6.33. The van der Waals surface area contributed by atoms with Gasteiger partial charge in [-0.25, -0.2) is 4.39 Å². The maximum atomic E-state index is 14.6. The average Bonchev–Trinajstić information content (AvgIpc) is 2.56. The Hall–Kier alpha value is -2.32. The summed E-state index contributed by atoms with van der Waals surface area (Å²) in [5, 5.41) is 0.398. The van der Waals surface area contributed by atoms with Crippen molar-refractivity contribution in [2.75, 3.05) is 6.54 Å². The minimum atomic E-state index is -0.331. The lowest BCUT2D eigenvalue weighted by Gasteiger charge is -2.32. The molecule has 1 nitrogen and oxygen atoms in total.